The van der Waals surface area contributed by atoms with Crippen LogP contribution < -0.4 is 15.1 Å². The fourth-order valence-corrected chi connectivity index (χ4v) is 6.73. The lowest BCUT2D eigenvalue weighted by Gasteiger charge is -2.31. The Balaban J connectivity index is 1.15. The van der Waals surface area contributed by atoms with Gasteiger partial charge in [0.2, 0.25) is 11.8 Å². The Morgan fingerprint density at radius 3 is 2.07 bits per heavy atom. The molecule has 2 aliphatic heterocycles. The van der Waals surface area contributed by atoms with Crippen molar-refractivity contribution in [1.29, 1.82) is 0 Å². The Morgan fingerprint density at radius 1 is 0.739 bits per heavy atom. The van der Waals surface area contributed by atoms with Gasteiger partial charge in [0.15, 0.2) is 0 Å². The van der Waals surface area contributed by atoms with E-state index in [1.54, 1.807) is 88.7 Å². The highest BCUT2D eigenvalue weighted by molar-refractivity contribution is 6.23. The van der Waals surface area contributed by atoms with Gasteiger partial charge in [0.1, 0.15) is 12.4 Å². The first kappa shape index (κ1) is 29.1. The summed E-state index contributed by atoms with van der Waals surface area (Å²) in [6.07, 6.45) is 1.97. The van der Waals surface area contributed by atoms with Crippen LogP contribution in [0, 0.1) is 11.7 Å². The summed E-state index contributed by atoms with van der Waals surface area (Å²) in [5.74, 6) is -3.20. The van der Waals surface area contributed by atoms with Gasteiger partial charge in [-0.05, 0) is 66.9 Å². The second-order valence-corrected chi connectivity index (χ2v) is 11.7. The van der Waals surface area contributed by atoms with Gasteiger partial charge in [-0.3, -0.25) is 28.9 Å². The fraction of sp³-hybridized carbons (Fsp3) is 0.194. The zero-order valence-corrected chi connectivity index (χ0v) is 24.7. The van der Waals surface area contributed by atoms with Gasteiger partial charge in [-0.25, -0.2) is 4.39 Å². The topological polar surface area (TPSA) is 107 Å². The summed E-state index contributed by atoms with van der Waals surface area (Å²) in [4.78, 5) is 71.2. The number of benzene rings is 4. The number of fused-ring (bicyclic) bond motifs is 3. The number of carbonyl (C=O) groups is 5. The first-order chi connectivity index (χ1) is 22.3. The van der Waals surface area contributed by atoms with E-state index in [0.717, 1.165) is 16.9 Å². The molecule has 0 spiro atoms. The summed E-state index contributed by atoms with van der Waals surface area (Å²) in [7, 11) is 0. The average molecular weight is 617 g/mol. The first-order valence-electron chi connectivity index (χ1n) is 15.1. The van der Waals surface area contributed by atoms with Crippen molar-refractivity contribution in [1.82, 2.24) is 4.90 Å². The molecule has 10 heteroatoms. The number of hydrogen-bond donors (Lipinski definition) is 1. The lowest BCUT2D eigenvalue weighted by atomic mass is 10.0. The summed E-state index contributed by atoms with van der Waals surface area (Å²) in [6, 6.07) is 26.0. The van der Waals surface area contributed by atoms with Gasteiger partial charge in [-0.1, -0.05) is 55.0 Å². The smallest absolute Gasteiger partial charge is 0.262 e. The Morgan fingerprint density at radius 2 is 1.37 bits per heavy atom. The minimum Gasteiger partial charge on any atom is -0.322 e. The number of imide groups is 1. The van der Waals surface area contributed by atoms with E-state index < -0.39 is 48.0 Å². The van der Waals surface area contributed by atoms with Crippen LogP contribution in [0.1, 0.15) is 55.9 Å². The number of amides is 5. The van der Waals surface area contributed by atoms with E-state index in [-0.39, 0.29) is 29.1 Å². The normalized spacial score (nSPS) is 18.6. The quantitative estimate of drug-likeness (QED) is 0.291. The van der Waals surface area contributed by atoms with Gasteiger partial charge in [0, 0.05) is 11.7 Å². The highest BCUT2D eigenvalue weighted by atomic mass is 19.1. The van der Waals surface area contributed by atoms with E-state index in [2.05, 4.69) is 5.32 Å². The van der Waals surface area contributed by atoms with Crippen molar-refractivity contribution in [3.63, 3.8) is 0 Å². The molecule has 0 radical (unpaired) electrons. The van der Waals surface area contributed by atoms with Crippen LogP contribution in [0.3, 0.4) is 0 Å². The molecule has 3 aliphatic rings. The van der Waals surface area contributed by atoms with Crippen molar-refractivity contribution in [3.8, 4) is 0 Å². The third-order valence-electron chi connectivity index (χ3n) is 8.94. The van der Waals surface area contributed by atoms with Crippen LogP contribution in [-0.4, -0.2) is 47.0 Å². The van der Waals surface area contributed by atoms with E-state index in [1.165, 1.54) is 18.2 Å². The summed E-state index contributed by atoms with van der Waals surface area (Å²) >= 11 is 0. The molecule has 5 amide bonds. The van der Waals surface area contributed by atoms with Gasteiger partial charge in [-0.2, -0.15) is 0 Å². The van der Waals surface area contributed by atoms with Gasteiger partial charge < -0.3 is 15.1 Å². The molecule has 1 N–H and O–H groups in total. The predicted molar refractivity (Wildman–Crippen MR) is 169 cm³/mol. The molecule has 0 saturated heterocycles. The molecule has 9 nitrogen and oxygen atoms in total. The molecule has 0 unspecified atom stereocenters. The zero-order valence-electron chi connectivity index (χ0n) is 24.7. The lowest BCUT2D eigenvalue weighted by Crippen LogP contribution is -2.49. The Kier molecular flexibility index (Phi) is 7.40. The van der Waals surface area contributed by atoms with Crippen LogP contribution in [0.5, 0.6) is 0 Å². The number of hydrogen-bond acceptors (Lipinski definition) is 5. The van der Waals surface area contributed by atoms with E-state index in [1.807, 2.05) is 0 Å². The molecule has 7 rings (SSSR count). The van der Waals surface area contributed by atoms with Crippen LogP contribution in [0.2, 0.25) is 0 Å². The highest BCUT2D eigenvalue weighted by Gasteiger charge is 2.47. The van der Waals surface area contributed by atoms with Crippen molar-refractivity contribution in [2.24, 2.45) is 5.92 Å². The third-order valence-corrected chi connectivity index (χ3v) is 8.94. The molecular weight excluding hydrogens is 587 g/mol. The number of halogens is 1. The van der Waals surface area contributed by atoms with E-state index in [4.69, 9.17) is 0 Å². The lowest BCUT2D eigenvalue weighted by molar-refractivity contribution is -0.123. The molecule has 230 valence electrons. The highest BCUT2D eigenvalue weighted by Crippen LogP contribution is 2.43. The number of anilines is 3. The molecule has 0 bridgehead atoms. The second-order valence-electron chi connectivity index (χ2n) is 11.7. The number of nitrogens with one attached hydrogen (secondary N) is 1. The van der Waals surface area contributed by atoms with Crippen LogP contribution in [0.25, 0.3) is 0 Å². The third kappa shape index (κ3) is 5.01. The maximum atomic E-state index is 14.1. The Bertz CT molecular complexity index is 1870. The maximum Gasteiger partial charge on any atom is 0.262 e. The van der Waals surface area contributed by atoms with Crippen molar-refractivity contribution in [3.05, 3.63) is 125 Å². The van der Waals surface area contributed by atoms with Crippen molar-refractivity contribution < 1.29 is 28.4 Å². The number of carbonyl (C=O) groups excluding carboxylic acids is 5. The molecule has 4 aromatic rings. The van der Waals surface area contributed by atoms with Crippen LogP contribution in [-0.2, 0) is 16.1 Å². The molecule has 1 saturated carbocycles. The SMILES string of the molecule is O=C(Nc1ccc(CN2C(=O)[C@H]3CCC[C@H]3N(C(=O)CN3C(=O)c4ccccc4C3=O)c3ccccc32)cc1)c1ccccc1F. The summed E-state index contributed by atoms with van der Waals surface area (Å²) in [5, 5.41) is 2.70. The monoisotopic (exact) mass is 616 g/mol. The second kappa shape index (κ2) is 11.7. The Hall–Kier alpha value is -5.64. The van der Waals surface area contributed by atoms with Crippen LogP contribution >= 0.6 is 0 Å². The van der Waals surface area contributed by atoms with Crippen molar-refractivity contribution in [2.45, 2.75) is 31.8 Å². The Labute approximate surface area is 264 Å². The number of rotatable bonds is 6. The molecule has 1 fully saturated rings. The van der Waals surface area contributed by atoms with Gasteiger partial charge in [-0.15, -0.1) is 0 Å². The standard InChI is InChI=1S/C36H29FN4O5/c37-28-12-4-3-10-26(28)33(43)38-23-18-16-22(17-19-23)20-39-30-13-5-6-14-31(30)41(29-15-7-11-27(29)36(39)46)32(42)21-40-34(44)24-8-1-2-9-25(24)35(40)45/h1-6,8-10,12-14,16-19,27,29H,7,11,15,20-21H2,(H,38,43)/t27-,29+/m0/s1. The molecular formula is C36H29FN4O5. The first-order valence-corrected chi connectivity index (χ1v) is 15.1. The van der Waals surface area contributed by atoms with Gasteiger partial charge in [0.05, 0.1) is 40.5 Å². The molecule has 1 aliphatic carbocycles. The van der Waals surface area contributed by atoms with Crippen LogP contribution in [0.4, 0.5) is 21.5 Å². The number of nitrogens with zero attached hydrogens (tertiary/aromatic N) is 3. The summed E-state index contributed by atoms with van der Waals surface area (Å²) in [5.41, 5.74) is 2.83. The van der Waals surface area contributed by atoms with Crippen molar-refractivity contribution >= 4 is 46.6 Å². The molecule has 46 heavy (non-hydrogen) atoms. The van der Waals surface area contributed by atoms with Gasteiger partial charge in [0.25, 0.3) is 17.7 Å². The molecule has 2 atom stereocenters. The van der Waals surface area contributed by atoms with Gasteiger partial charge >= 0.3 is 0 Å². The van der Waals surface area contributed by atoms with E-state index in [9.17, 15) is 28.4 Å². The minimum absolute atomic E-state index is 0.0634. The summed E-state index contributed by atoms with van der Waals surface area (Å²) < 4.78 is 14.1. The summed E-state index contributed by atoms with van der Waals surface area (Å²) in [6.45, 7) is -0.223. The molecule has 4 aromatic carbocycles. The largest absolute Gasteiger partial charge is 0.322 e. The minimum atomic E-state index is -0.614. The predicted octanol–water partition coefficient (Wildman–Crippen LogP) is 5.42. The van der Waals surface area contributed by atoms with Crippen molar-refractivity contribution in [2.75, 3.05) is 21.7 Å². The molecule has 2 heterocycles. The number of para-hydroxylation sites is 2. The average Bonchev–Trinajstić information content (AvgIpc) is 3.61. The van der Waals surface area contributed by atoms with E-state index in [0.29, 0.717) is 29.9 Å². The molecule has 0 aromatic heterocycles. The van der Waals surface area contributed by atoms with E-state index >= 15 is 0 Å². The van der Waals surface area contributed by atoms with Crippen LogP contribution in [0.15, 0.2) is 97.1 Å². The fourth-order valence-electron chi connectivity index (χ4n) is 6.73. The zero-order chi connectivity index (χ0) is 31.9. The maximum absolute atomic E-state index is 14.1.